The molecule has 0 aliphatic carbocycles. The SMILES string of the molecule is O=C(NC1CCN(c2ccccc2C(=O)NCc2ccc(-c3ccccc3)cc2)CC1)c1ccco1. The van der Waals surface area contributed by atoms with Crippen molar-refractivity contribution in [2.24, 2.45) is 0 Å². The first kappa shape index (κ1) is 23.4. The zero-order valence-electron chi connectivity index (χ0n) is 20.0. The number of carbonyl (C=O) groups is 2. The Bertz CT molecular complexity index is 1290. The Hall–Kier alpha value is -4.32. The number of hydrogen-bond donors (Lipinski definition) is 2. The van der Waals surface area contributed by atoms with Crippen molar-refractivity contribution in [2.75, 3.05) is 18.0 Å². The molecule has 0 unspecified atom stereocenters. The number of piperidine rings is 1. The van der Waals surface area contributed by atoms with E-state index in [1.54, 1.807) is 12.1 Å². The van der Waals surface area contributed by atoms with Crippen LogP contribution in [0.1, 0.15) is 39.3 Å². The van der Waals surface area contributed by atoms with Crippen LogP contribution in [0.4, 0.5) is 5.69 Å². The summed E-state index contributed by atoms with van der Waals surface area (Å²) in [6.45, 7) is 1.98. The number of carbonyl (C=O) groups excluding carboxylic acids is 2. The molecule has 2 amide bonds. The Morgan fingerprint density at radius 1 is 0.778 bits per heavy atom. The molecule has 1 aliphatic heterocycles. The second kappa shape index (κ2) is 11.0. The highest BCUT2D eigenvalue weighted by Crippen LogP contribution is 2.25. The molecule has 1 saturated heterocycles. The zero-order chi connectivity index (χ0) is 24.7. The Morgan fingerprint density at radius 2 is 1.47 bits per heavy atom. The molecule has 0 saturated carbocycles. The van der Waals surface area contributed by atoms with E-state index in [-0.39, 0.29) is 17.9 Å². The molecule has 1 fully saturated rings. The van der Waals surface area contributed by atoms with Crippen molar-refractivity contribution in [3.63, 3.8) is 0 Å². The summed E-state index contributed by atoms with van der Waals surface area (Å²) < 4.78 is 5.18. The number of rotatable bonds is 7. The van der Waals surface area contributed by atoms with E-state index in [2.05, 4.69) is 51.9 Å². The molecular formula is C30H29N3O3. The second-order valence-corrected chi connectivity index (χ2v) is 8.97. The summed E-state index contributed by atoms with van der Waals surface area (Å²) in [6, 6.07) is 29.7. The van der Waals surface area contributed by atoms with Crippen molar-refractivity contribution in [3.05, 3.63) is 114 Å². The molecule has 2 heterocycles. The van der Waals surface area contributed by atoms with E-state index < -0.39 is 0 Å². The van der Waals surface area contributed by atoms with Crippen LogP contribution in [0.25, 0.3) is 11.1 Å². The fourth-order valence-electron chi connectivity index (χ4n) is 4.59. The van der Waals surface area contributed by atoms with E-state index >= 15 is 0 Å². The van der Waals surface area contributed by atoms with Gasteiger partial charge in [-0.05, 0) is 53.8 Å². The van der Waals surface area contributed by atoms with Gasteiger partial charge in [-0.25, -0.2) is 0 Å². The normalized spacial score (nSPS) is 13.8. The van der Waals surface area contributed by atoms with Crippen LogP contribution in [0.2, 0.25) is 0 Å². The van der Waals surface area contributed by atoms with Gasteiger partial charge in [0.25, 0.3) is 11.8 Å². The third-order valence-corrected chi connectivity index (χ3v) is 6.58. The number of anilines is 1. The summed E-state index contributed by atoms with van der Waals surface area (Å²) in [7, 11) is 0. The van der Waals surface area contributed by atoms with E-state index in [0.29, 0.717) is 17.9 Å². The van der Waals surface area contributed by atoms with Crippen molar-refractivity contribution in [2.45, 2.75) is 25.4 Å². The second-order valence-electron chi connectivity index (χ2n) is 8.97. The van der Waals surface area contributed by atoms with E-state index in [4.69, 9.17) is 4.42 Å². The summed E-state index contributed by atoms with van der Waals surface area (Å²) in [5, 5.41) is 6.12. The first-order valence-electron chi connectivity index (χ1n) is 12.3. The lowest BCUT2D eigenvalue weighted by atomic mass is 10.0. The monoisotopic (exact) mass is 479 g/mol. The van der Waals surface area contributed by atoms with Gasteiger partial charge in [0.1, 0.15) is 0 Å². The number of nitrogens with zero attached hydrogens (tertiary/aromatic N) is 1. The van der Waals surface area contributed by atoms with Crippen LogP contribution in [0.5, 0.6) is 0 Å². The molecule has 0 bridgehead atoms. The summed E-state index contributed by atoms with van der Waals surface area (Å²) in [5.41, 5.74) is 4.96. The van der Waals surface area contributed by atoms with Crippen LogP contribution in [0.3, 0.4) is 0 Å². The molecule has 1 aromatic heterocycles. The molecule has 2 N–H and O–H groups in total. The van der Waals surface area contributed by atoms with Gasteiger partial charge in [0, 0.05) is 31.4 Å². The number of nitrogens with one attached hydrogen (secondary N) is 2. The third-order valence-electron chi connectivity index (χ3n) is 6.58. The van der Waals surface area contributed by atoms with Crippen LogP contribution in [-0.4, -0.2) is 30.9 Å². The van der Waals surface area contributed by atoms with Gasteiger partial charge in [-0.1, -0.05) is 66.7 Å². The average molecular weight is 480 g/mol. The predicted molar refractivity (Wildman–Crippen MR) is 141 cm³/mol. The first-order chi connectivity index (χ1) is 17.7. The number of para-hydroxylation sites is 1. The molecule has 0 spiro atoms. The fourth-order valence-corrected chi connectivity index (χ4v) is 4.59. The van der Waals surface area contributed by atoms with Crippen molar-refractivity contribution in [3.8, 4) is 11.1 Å². The molecule has 4 aromatic rings. The Balaban J connectivity index is 1.17. The lowest BCUT2D eigenvalue weighted by Gasteiger charge is -2.34. The molecule has 6 heteroatoms. The Labute approximate surface area is 210 Å². The predicted octanol–water partition coefficient (Wildman–Crippen LogP) is 5.28. The lowest BCUT2D eigenvalue weighted by molar-refractivity contribution is 0.0902. The van der Waals surface area contributed by atoms with Crippen LogP contribution < -0.4 is 15.5 Å². The van der Waals surface area contributed by atoms with Gasteiger partial charge in [-0.3, -0.25) is 9.59 Å². The van der Waals surface area contributed by atoms with Gasteiger partial charge < -0.3 is 20.0 Å². The van der Waals surface area contributed by atoms with Gasteiger partial charge >= 0.3 is 0 Å². The van der Waals surface area contributed by atoms with E-state index in [1.165, 1.54) is 11.8 Å². The number of hydrogen-bond acceptors (Lipinski definition) is 4. The maximum Gasteiger partial charge on any atom is 0.287 e. The third kappa shape index (κ3) is 5.49. The smallest absolute Gasteiger partial charge is 0.287 e. The molecule has 36 heavy (non-hydrogen) atoms. The minimum Gasteiger partial charge on any atom is -0.459 e. The zero-order valence-corrected chi connectivity index (χ0v) is 20.0. The maximum atomic E-state index is 13.1. The van der Waals surface area contributed by atoms with Crippen molar-refractivity contribution in [1.29, 1.82) is 0 Å². The van der Waals surface area contributed by atoms with E-state index in [1.807, 2.05) is 42.5 Å². The van der Waals surface area contributed by atoms with Crippen molar-refractivity contribution < 1.29 is 14.0 Å². The molecule has 0 radical (unpaired) electrons. The summed E-state index contributed by atoms with van der Waals surface area (Å²) in [4.78, 5) is 27.6. The summed E-state index contributed by atoms with van der Waals surface area (Å²) >= 11 is 0. The van der Waals surface area contributed by atoms with Gasteiger partial charge in [-0.15, -0.1) is 0 Å². The van der Waals surface area contributed by atoms with Crippen LogP contribution >= 0.6 is 0 Å². The molecular weight excluding hydrogens is 450 g/mol. The number of amides is 2. The van der Waals surface area contributed by atoms with Gasteiger partial charge in [-0.2, -0.15) is 0 Å². The molecule has 5 rings (SSSR count). The Kier molecular flexibility index (Phi) is 7.12. The molecule has 3 aromatic carbocycles. The summed E-state index contributed by atoms with van der Waals surface area (Å²) in [5.74, 6) is 0.0511. The minimum atomic E-state index is -0.185. The van der Waals surface area contributed by atoms with Crippen molar-refractivity contribution in [1.82, 2.24) is 10.6 Å². The average Bonchev–Trinajstić information content (AvgIpc) is 3.49. The highest BCUT2D eigenvalue weighted by atomic mass is 16.3. The van der Waals surface area contributed by atoms with Gasteiger partial charge in [0.05, 0.1) is 11.8 Å². The molecule has 182 valence electrons. The van der Waals surface area contributed by atoms with E-state index in [9.17, 15) is 9.59 Å². The standard InChI is InChI=1S/C30H29N3O3/c34-29(31-21-22-12-14-24(15-13-22)23-7-2-1-3-8-23)26-9-4-5-10-27(26)33-18-16-25(17-19-33)32-30(35)28-11-6-20-36-28/h1-15,20,25H,16-19,21H2,(H,31,34)(H,32,35). The number of benzene rings is 3. The fraction of sp³-hybridized carbons (Fsp3) is 0.200. The van der Waals surface area contributed by atoms with Gasteiger partial charge in [0.15, 0.2) is 5.76 Å². The largest absolute Gasteiger partial charge is 0.459 e. The van der Waals surface area contributed by atoms with Crippen LogP contribution in [0, 0.1) is 0 Å². The highest BCUT2D eigenvalue weighted by Gasteiger charge is 2.24. The lowest BCUT2D eigenvalue weighted by Crippen LogP contribution is -2.45. The molecule has 0 atom stereocenters. The Morgan fingerprint density at radius 3 is 2.19 bits per heavy atom. The topological polar surface area (TPSA) is 74.6 Å². The maximum absolute atomic E-state index is 13.1. The van der Waals surface area contributed by atoms with Crippen molar-refractivity contribution >= 4 is 17.5 Å². The quantitative estimate of drug-likeness (QED) is 0.378. The van der Waals surface area contributed by atoms with Crippen LogP contribution in [-0.2, 0) is 6.54 Å². The first-order valence-corrected chi connectivity index (χ1v) is 12.3. The summed E-state index contributed by atoms with van der Waals surface area (Å²) in [6.07, 6.45) is 3.10. The molecule has 6 nitrogen and oxygen atoms in total. The minimum absolute atomic E-state index is 0.0821. The van der Waals surface area contributed by atoms with E-state index in [0.717, 1.165) is 42.7 Å². The van der Waals surface area contributed by atoms with Crippen LogP contribution in [0.15, 0.2) is 102 Å². The molecule has 1 aliphatic rings. The highest BCUT2D eigenvalue weighted by molar-refractivity contribution is 5.99. The van der Waals surface area contributed by atoms with Gasteiger partial charge in [0.2, 0.25) is 0 Å². The number of furan rings is 1.